The number of methoxy groups -OCH3 is 2. The smallest absolute Gasteiger partial charge is 0.408 e. The first-order valence-electron chi connectivity index (χ1n) is 10.7. The lowest BCUT2D eigenvalue weighted by Gasteiger charge is -2.31. The Kier molecular flexibility index (Phi) is 8.76. The Bertz CT molecular complexity index is 1080. The second kappa shape index (κ2) is 11.3. The molecule has 1 atom stereocenters. The molecule has 0 bridgehead atoms. The highest BCUT2D eigenvalue weighted by Gasteiger charge is 2.37. The first kappa shape index (κ1) is 27.1. The van der Waals surface area contributed by atoms with Crippen LogP contribution in [0.2, 0.25) is 0 Å². The number of alkyl carbamates (subject to hydrolysis) is 1. The van der Waals surface area contributed by atoms with Crippen LogP contribution in [0.3, 0.4) is 0 Å². The molecular formula is C24H30N4O7. The molecule has 0 saturated heterocycles. The van der Waals surface area contributed by atoms with Crippen LogP contribution in [0.1, 0.15) is 54.1 Å². The van der Waals surface area contributed by atoms with E-state index in [0.717, 1.165) is 5.56 Å². The summed E-state index contributed by atoms with van der Waals surface area (Å²) in [5, 5.41) is 2.60. The molecule has 0 radical (unpaired) electrons. The predicted molar refractivity (Wildman–Crippen MR) is 126 cm³/mol. The van der Waals surface area contributed by atoms with Gasteiger partial charge in [-0.1, -0.05) is 30.3 Å². The third-order valence-corrected chi connectivity index (χ3v) is 4.64. The minimum absolute atomic E-state index is 0.00452. The third-order valence-electron chi connectivity index (χ3n) is 4.64. The van der Waals surface area contributed by atoms with Gasteiger partial charge in [-0.05, 0) is 39.3 Å². The fourth-order valence-electron chi connectivity index (χ4n) is 2.99. The molecule has 1 aromatic heterocycles. The molecule has 188 valence electrons. The van der Waals surface area contributed by atoms with Gasteiger partial charge in [-0.3, -0.25) is 20.4 Å². The molecule has 11 heteroatoms. The number of aromatic nitrogens is 1. The zero-order chi connectivity index (χ0) is 26.2. The largest absolute Gasteiger partial charge is 0.481 e. The van der Waals surface area contributed by atoms with Gasteiger partial charge in [-0.25, -0.2) is 14.6 Å². The van der Waals surface area contributed by atoms with Crippen LogP contribution < -0.4 is 20.9 Å². The lowest BCUT2D eigenvalue weighted by molar-refractivity contribution is -0.127. The molecule has 2 rings (SSSR count). The van der Waals surface area contributed by atoms with Crippen molar-refractivity contribution in [3.8, 4) is 5.88 Å². The number of hydrogen-bond donors (Lipinski definition) is 3. The first-order chi connectivity index (χ1) is 16.4. The summed E-state index contributed by atoms with van der Waals surface area (Å²) in [6.45, 7) is 6.61. The van der Waals surface area contributed by atoms with Crippen molar-refractivity contribution >= 4 is 23.9 Å². The molecule has 35 heavy (non-hydrogen) atoms. The minimum Gasteiger partial charge on any atom is -0.481 e. The highest BCUT2D eigenvalue weighted by Crippen LogP contribution is 2.17. The number of hydrazine groups is 1. The van der Waals surface area contributed by atoms with Gasteiger partial charge in [0.2, 0.25) is 5.88 Å². The molecule has 0 aliphatic carbocycles. The first-order valence-corrected chi connectivity index (χ1v) is 10.7. The van der Waals surface area contributed by atoms with E-state index < -0.39 is 35.0 Å². The molecule has 0 saturated carbocycles. The van der Waals surface area contributed by atoms with Crippen LogP contribution in [0.4, 0.5) is 4.79 Å². The topological polar surface area (TPSA) is 145 Å². The van der Waals surface area contributed by atoms with Gasteiger partial charge in [0.25, 0.3) is 11.8 Å². The molecule has 1 aromatic carbocycles. The van der Waals surface area contributed by atoms with Crippen LogP contribution in [0, 0.1) is 0 Å². The van der Waals surface area contributed by atoms with Crippen molar-refractivity contribution < 1.29 is 33.4 Å². The van der Waals surface area contributed by atoms with Crippen LogP contribution in [0.15, 0.2) is 42.5 Å². The van der Waals surface area contributed by atoms with E-state index in [1.54, 1.807) is 45.0 Å². The molecule has 3 amide bonds. The second-order valence-electron chi connectivity index (χ2n) is 8.80. The Morgan fingerprint density at radius 1 is 0.943 bits per heavy atom. The molecular weight excluding hydrogens is 456 g/mol. The van der Waals surface area contributed by atoms with Crippen LogP contribution in [0.5, 0.6) is 5.88 Å². The Hall–Kier alpha value is -4.15. The van der Waals surface area contributed by atoms with Crippen molar-refractivity contribution in [3.05, 3.63) is 59.3 Å². The zero-order valence-electron chi connectivity index (χ0n) is 20.6. The van der Waals surface area contributed by atoms with Crippen molar-refractivity contribution in [2.45, 2.75) is 45.3 Å². The van der Waals surface area contributed by atoms with E-state index in [9.17, 15) is 19.2 Å². The summed E-state index contributed by atoms with van der Waals surface area (Å²) in [5.74, 6) is -2.21. The fraction of sp³-hybridized carbons (Fsp3) is 0.375. The Morgan fingerprint density at radius 2 is 1.60 bits per heavy atom. The third kappa shape index (κ3) is 7.98. The van der Waals surface area contributed by atoms with Crippen LogP contribution in [0.25, 0.3) is 0 Å². The van der Waals surface area contributed by atoms with Gasteiger partial charge in [-0.2, -0.15) is 0 Å². The lowest BCUT2D eigenvalue weighted by Crippen LogP contribution is -2.61. The Labute approximate surface area is 203 Å². The van der Waals surface area contributed by atoms with Crippen molar-refractivity contribution in [2.75, 3.05) is 14.2 Å². The van der Waals surface area contributed by atoms with Gasteiger partial charge in [0.05, 0.1) is 14.2 Å². The zero-order valence-corrected chi connectivity index (χ0v) is 20.6. The highest BCUT2D eigenvalue weighted by molar-refractivity contribution is 5.99. The number of nitrogens with one attached hydrogen (secondary N) is 3. The summed E-state index contributed by atoms with van der Waals surface area (Å²) in [5.41, 5.74) is 2.96. The number of carbonyl (C=O) groups excluding carboxylic acids is 4. The quantitative estimate of drug-likeness (QED) is 0.399. The maximum atomic E-state index is 13.1. The number of pyridine rings is 1. The van der Waals surface area contributed by atoms with Gasteiger partial charge in [0.1, 0.15) is 11.1 Å². The predicted octanol–water partition coefficient (Wildman–Crippen LogP) is 2.16. The summed E-state index contributed by atoms with van der Waals surface area (Å²) in [6, 6.07) is 11.5. The molecule has 0 unspecified atom stereocenters. The van der Waals surface area contributed by atoms with Gasteiger partial charge in [0.15, 0.2) is 5.69 Å². The summed E-state index contributed by atoms with van der Waals surface area (Å²) in [4.78, 5) is 54.1. The summed E-state index contributed by atoms with van der Waals surface area (Å²) < 4.78 is 15.0. The summed E-state index contributed by atoms with van der Waals surface area (Å²) in [7, 11) is 2.50. The molecule has 0 spiro atoms. The normalized spacial score (nSPS) is 12.5. The molecule has 0 aliphatic rings. The second-order valence-corrected chi connectivity index (χ2v) is 8.80. The van der Waals surface area contributed by atoms with Crippen molar-refractivity contribution in [1.29, 1.82) is 0 Å². The van der Waals surface area contributed by atoms with Crippen molar-refractivity contribution in [3.63, 3.8) is 0 Å². The average Bonchev–Trinajstić information content (AvgIpc) is 2.80. The molecule has 11 nitrogen and oxygen atoms in total. The van der Waals surface area contributed by atoms with E-state index in [2.05, 4.69) is 25.9 Å². The summed E-state index contributed by atoms with van der Waals surface area (Å²) >= 11 is 0. The Balaban J connectivity index is 2.22. The number of rotatable bonds is 7. The molecule has 1 heterocycles. The lowest BCUT2D eigenvalue weighted by atomic mass is 9.92. The number of esters is 1. The van der Waals surface area contributed by atoms with Gasteiger partial charge in [-0.15, -0.1) is 0 Å². The average molecular weight is 487 g/mol. The summed E-state index contributed by atoms with van der Waals surface area (Å²) in [6.07, 6.45) is -0.677. The number of benzene rings is 1. The van der Waals surface area contributed by atoms with Gasteiger partial charge < -0.3 is 19.5 Å². The highest BCUT2D eigenvalue weighted by atomic mass is 16.6. The number of carbonyl (C=O) groups is 4. The monoisotopic (exact) mass is 486 g/mol. The molecule has 0 fully saturated rings. The van der Waals surface area contributed by atoms with Crippen molar-refractivity contribution in [2.24, 2.45) is 0 Å². The van der Waals surface area contributed by atoms with E-state index in [4.69, 9.17) is 9.47 Å². The molecule has 3 N–H and O–H groups in total. The van der Waals surface area contributed by atoms with E-state index in [-0.39, 0.29) is 23.6 Å². The van der Waals surface area contributed by atoms with Crippen LogP contribution in [-0.2, 0) is 20.7 Å². The van der Waals surface area contributed by atoms with Gasteiger partial charge >= 0.3 is 12.1 Å². The van der Waals surface area contributed by atoms with E-state index in [0.29, 0.717) is 0 Å². The maximum Gasteiger partial charge on any atom is 0.408 e. The SMILES string of the molecule is COC(=O)c1cc(C(=O)NNC(=O)[C@@](C)(Cc2ccccc2)NC(=O)OC(C)(C)C)cc(OC)n1. The number of ether oxygens (including phenoxy) is 3. The van der Waals surface area contributed by atoms with Crippen LogP contribution in [-0.4, -0.2) is 54.2 Å². The van der Waals surface area contributed by atoms with E-state index >= 15 is 0 Å². The maximum absolute atomic E-state index is 13.1. The van der Waals surface area contributed by atoms with E-state index in [1.165, 1.54) is 33.3 Å². The number of amides is 3. The number of nitrogens with zero attached hydrogens (tertiary/aromatic N) is 1. The van der Waals surface area contributed by atoms with E-state index in [1.807, 2.05) is 6.07 Å². The van der Waals surface area contributed by atoms with Crippen molar-refractivity contribution in [1.82, 2.24) is 21.2 Å². The molecule has 0 aliphatic heterocycles. The Morgan fingerprint density at radius 3 is 2.17 bits per heavy atom. The standard InChI is InChI=1S/C24H30N4O7/c1-23(2,3)35-22(32)26-24(4,14-15-10-8-7-9-11-15)21(31)28-27-19(29)16-12-17(20(30)34-6)25-18(13-16)33-5/h7-13H,14H2,1-6H3,(H,26,32)(H,27,29)(H,28,31)/t24-/m1/s1. The minimum atomic E-state index is -1.48. The molecule has 2 aromatic rings. The van der Waals surface area contributed by atoms with Crippen LogP contribution >= 0.6 is 0 Å². The number of hydrogen-bond acceptors (Lipinski definition) is 8. The van der Waals surface area contributed by atoms with Gasteiger partial charge in [0, 0.05) is 18.1 Å². The fourth-order valence-corrected chi connectivity index (χ4v) is 2.99.